The van der Waals surface area contributed by atoms with Crippen LogP contribution in [0.2, 0.25) is 5.02 Å². The average molecular weight is 436 g/mol. The lowest BCUT2D eigenvalue weighted by Crippen LogP contribution is -2.50. The molecule has 2 aromatic rings. The minimum atomic E-state index is -0.537. The molecule has 3 rings (SSSR count). The number of hydrogen-bond acceptors (Lipinski definition) is 5. The van der Waals surface area contributed by atoms with E-state index in [4.69, 9.17) is 16.3 Å². The van der Waals surface area contributed by atoms with Crippen LogP contribution in [0, 0.1) is 6.92 Å². The van der Waals surface area contributed by atoms with Crippen molar-refractivity contribution in [3.8, 4) is 10.6 Å². The first kappa shape index (κ1) is 21.6. The van der Waals surface area contributed by atoms with Gasteiger partial charge in [0.25, 0.3) is 5.91 Å². The van der Waals surface area contributed by atoms with Crippen LogP contribution in [0.1, 0.15) is 49.0 Å². The molecule has 1 saturated heterocycles. The molecular formula is C21H26ClN3O3S. The number of aromatic nitrogens is 1. The molecule has 0 bridgehead atoms. The van der Waals surface area contributed by atoms with E-state index >= 15 is 0 Å². The molecule has 1 aliphatic rings. The molecule has 1 atom stereocenters. The second-order valence-corrected chi connectivity index (χ2v) is 9.61. The molecule has 2 heterocycles. The lowest BCUT2D eigenvalue weighted by molar-refractivity contribution is 0.0185. The number of carbonyl (C=O) groups is 2. The number of ether oxygens (including phenoxy) is 1. The molecule has 6 nitrogen and oxygen atoms in total. The number of carbonyl (C=O) groups excluding carboxylic acids is 2. The van der Waals surface area contributed by atoms with Crippen LogP contribution < -0.4 is 5.32 Å². The highest BCUT2D eigenvalue weighted by molar-refractivity contribution is 7.17. The second-order valence-electron chi connectivity index (χ2n) is 8.18. The summed E-state index contributed by atoms with van der Waals surface area (Å²) in [5.74, 6) is -0.156. The zero-order valence-electron chi connectivity index (χ0n) is 17.1. The van der Waals surface area contributed by atoms with E-state index in [0.717, 1.165) is 23.4 Å². The highest BCUT2D eigenvalue weighted by Crippen LogP contribution is 2.29. The quantitative estimate of drug-likeness (QED) is 0.744. The summed E-state index contributed by atoms with van der Waals surface area (Å²) in [6.45, 7) is 8.46. The fraction of sp³-hybridized carbons (Fsp3) is 0.476. The van der Waals surface area contributed by atoms with Gasteiger partial charge in [-0.1, -0.05) is 23.7 Å². The molecule has 29 heavy (non-hydrogen) atoms. The molecule has 0 spiro atoms. The van der Waals surface area contributed by atoms with Crippen LogP contribution in [0.4, 0.5) is 4.79 Å². The van der Waals surface area contributed by atoms with Gasteiger partial charge >= 0.3 is 6.09 Å². The molecule has 1 N–H and O–H groups in total. The maximum Gasteiger partial charge on any atom is 0.410 e. The number of halogens is 1. The number of likely N-dealkylation sites (tertiary alicyclic amines) is 1. The van der Waals surface area contributed by atoms with Crippen molar-refractivity contribution in [2.45, 2.75) is 52.2 Å². The van der Waals surface area contributed by atoms with Crippen LogP contribution in [0.5, 0.6) is 0 Å². The summed E-state index contributed by atoms with van der Waals surface area (Å²) < 4.78 is 5.45. The van der Waals surface area contributed by atoms with Gasteiger partial charge in [0.05, 0.1) is 5.69 Å². The predicted molar refractivity (Wildman–Crippen MR) is 116 cm³/mol. The summed E-state index contributed by atoms with van der Waals surface area (Å²) in [6.07, 6.45) is 1.31. The van der Waals surface area contributed by atoms with Crippen LogP contribution in [0.25, 0.3) is 10.6 Å². The van der Waals surface area contributed by atoms with Crippen molar-refractivity contribution in [2.75, 3.05) is 13.1 Å². The van der Waals surface area contributed by atoms with E-state index in [1.54, 1.807) is 17.0 Å². The summed E-state index contributed by atoms with van der Waals surface area (Å²) in [5.41, 5.74) is 1.08. The van der Waals surface area contributed by atoms with E-state index in [1.165, 1.54) is 11.3 Å². The third kappa shape index (κ3) is 5.70. The van der Waals surface area contributed by atoms with Crippen LogP contribution in [0.3, 0.4) is 0 Å². The van der Waals surface area contributed by atoms with Crippen LogP contribution in [0.15, 0.2) is 24.3 Å². The Balaban J connectivity index is 1.65. The van der Waals surface area contributed by atoms with Crippen molar-refractivity contribution in [1.82, 2.24) is 15.2 Å². The number of hydrogen-bond donors (Lipinski definition) is 1. The fourth-order valence-electron chi connectivity index (χ4n) is 3.16. The largest absolute Gasteiger partial charge is 0.444 e. The third-order valence-electron chi connectivity index (χ3n) is 4.50. The molecule has 1 fully saturated rings. The standard InChI is InChI=1S/C21H26ClN3O3S/c1-13-17(29-19(23-13)14-7-9-15(22)10-8-14)18(26)24-16-6-5-11-25(12-16)20(27)28-21(2,3)4/h7-10,16H,5-6,11-12H2,1-4H3,(H,24,26)/t16-/m0/s1. The average Bonchev–Trinajstić information content (AvgIpc) is 3.03. The number of nitrogens with one attached hydrogen (secondary N) is 1. The van der Waals surface area contributed by atoms with Crippen molar-refractivity contribution in [2.24, 2.45) is 0 Å². The summed E-state index contributed by atoms with van der Waals surface area (Å²) in [7, 11) is 0. The lowest BCUT2D eigenvalue weighted by Gasteiger charge is -2.34. The Kier molecular flexibility index (Phi) is 6.49. The summed E-state index contributed by atoms with van der Waals surface area (Å²) in [5, 5.41) is 4.50. The minimum Gasteiger partial charge on any atom is -0.444 e. The van der Waals surface area contributed by atoms with E-state index in [2.05, 4.69) is 10.3 Å². The first-order valence-corrected chi connectivity index (χ1v) is 10.8. The molecule has 1 aliphatic heterocycles. The lowest BCUT2D eigenvalue weighted by atomic mass is 10.1. The molecular weight excluding hydrogens is 410 g/mol. The van der Waals surface area contributed by atoms with E-state index < -0.39 is 5.60 Å². The van der Waals surface area contributed by atoms with Crippen molar-refractivity contribution in [3.05, 3.63) is 39.9 Å². The van der Waals surface area contributed by atoms with Crippen molar-refractivity contribution in [1.29, 1.82) is 0 Å². The Morgan fingerprint density at radius 1 is 1.28 bits per heavy atom. The predicted octanol–water partition coefficient (Wildman–Crippen LogP) is 4.90. The molecule has 156 valence electrons. The molecule has 1 aromatic heterocycles. The normalized spacial score (nSPS) is 17.1. The van der Waals surface area contributed by atoms with Gasteiger partial charge in [-0.2, -0.15) is 0 Å². The molecule has 8 heteroatoms. The maximum absolute atomic E-state index is 12.8. The number of nitrogens with zero attached hydrogens (tertiary/aromatic N) is 2. The van der Waals surface area contributed by atoms with Gasteiger partial charge < -0.3 is 15.0 Å². The topological polar surface area (TPSA) is 71.5 Å². The number of thiazole rings is 1. The van der Waals surface area contributed by atoms with Crippen molar-refractivity contribution >= 4 is 34.9 Å². The van der Waals surface area contributed by atoms with Gasteiger partial charge in [0.1, 0.15) is 15.5 Å². The van der Waals surface area contributed by atoms with E-state index in [-0.39, 0.29) is 18.0 Å². The molecule has 2 amide bonds. The minimum absolute atomic E-state index is 0.107. The Morgan fingerprint density at radius 2 is 1.97 bits per heavy atom. The van der Waals surface area contributed by atoms with Gasteiger partial charge in [0.15, 0.2) is 0 Å². The van der Waals surface area contributed by atoms with E-state index in [1.807, 2.05) is 39.8 Å². The molecule has 0 aliphatic carbocycles. The van der Waals surface area contributed by atoms with Gasteiger partial charge in [-0.05, 0) is 52.7 Å². The van der Waals surface area contributed by atoms with Crippen molar-refractivity contribution < 1.29 is 14.3 Å². The molecule has 0 radical (unpaired) electrons. The van der Waals surface area contributed by atoms with E-state index in [0.29, 0.717) is 28.7 Å². The van der Waals surface area contributed by atoms with Crippen molar-refractivity contribution in [3.63, 3.8) is 0 Å². The van der Waals surface area contributed by atoms with Gasteiger partial charge in [-0.25, -0.2) is 9.78 Å². The fourth-order valence-corrected chi connectivity index (χ4v) is 4.26. The molecule has 0 saturated carbocycles. The number of piperidine rings is 1. The third-order valence-corrected chi connectivity index (χ3v) is 5.96. The highest BCUT2D eigenvalue weighted by atomic mass is 35.5. The Labute approximate surface area is 180 Å². The monoisotopic (exact) mass is 435 g/mol. The van der Waals surface area contributed by atoms with Crippen LogP contribution >= 0.6 is 22.9 Å². The van der Waals surface area contributed by atoms with Gasteiger partial charge in [-0.15, -0.1) is 11.3 Å². The maximum atomic E-state index is 12.8. The second kappa shape index (κ2) is 8.71. The summed E-state index contributed by atoms with van der Waals surface area (Å²) in [6, 6.07) is 7.29. The SMILES string of the molecule is Cc1nc(-c2ccc(Cl)cc2)sc1C(=O)N[C@H]1CCCN(C(=O)OC(C)(C)C)C1. The molecule has 0 unspecified atom stereocenters. The van der Waals surface area contributed by atoms with Gasteiger partial charge in [-0.3, -0.25) is 4.79 Å². The smallest absolute Gasteiger partial charge is 0.410 e. The Hall–Kier alpha value is -2.12. The van der Waals surface area contributed by atoms with E-state index in [9.17, 15) is 9.59 Å². The highest BCUT2D eigenvalue weighted by Gasteiger charge is 2.29. The summed E-state index contributed by atoms with van der Waals surface area (Å²) in [4.78, 5) is 32.0. The first-order chi connectivity index (χ1) is 13.6. The number of amides is 2. The molecule has 1 aromatic carbocycles. The van der Waals surface area contributed by atoms with Crippen LogP contribution in [-0.4, -0.2) is 46.6 Å². The first-order valence-electron chi connectivity index (χ1n) is 9.64. The number of benzene rings is 1. The number of rotatable bonds is 3. The number of aryl methyl sites for hydroxylation is 1. The van der Waals surface area contributed by atoms with Gasteiger partial charge in [0, 0.05) is 29.7 Å². The van der Waals surface area contributed by atoms with Crippen LogP contribution in [-0.2, 0) is 4.74 Å². The zero-order valence-corrected chi connectivity index (χ0v) is 18.7. The zero-order chi connectivity index (χ0) is 21.2. The summed E-state index contributed by atoms with van der Waals surface area (Å²) >= 11 is 7.30. The Morgan fingerprint density at radius 3 is 2.62 bits per heavy atom. The van der Waals surface area contributed by atoms with Gasteiger partial charge in [0.2, 0.25) is 0 Å². The Bertz CT molecular complexity index is 890.